The van der Waals surface area contributed by atoms with Crippen LogP contribution < -0.4 is 5.43 Å². The topological polar surface area (TPSA) is 113 Å². The predicted octanol–water partition coefficient (Wildman–Crippen LogP) is 3.27. The van der Waals surface area contributed by atoms with E-state index in [4.69, 9.17) is 11.6 Å². The summed E-state index contributed by atoms with van der Waals surface area (Å²) in [5, 5.41) is 32.2. The van der Waals surface area contributed by atoms with Gasteiger partial charge in [-0.2, -0.15) is 5.10 Å². The molecule has 2 aromatic carbocycles. The van der Waals surface area contributed by atoms with Gasteiger partial charge in [-0.25, -0.2) is 5.43 Å². The molecule has 0 saturated carbocycles. The quantitative estimate of drug-likeness (QED) is 0.229. The Morgan fingerprint density at radius 2 is 1.97 bits per heavy atom. The maximum absolute atomic E-state index is 12.0. The summed E-state index contributed by atoms with van der Waals surface area (Å²) in [5.41, 5.74) is 3.84. The molecule has 0 radical (unpaired) electrons. The number of aromatic nitrogens is 3. The number of hydrogen-bond donors (Lipinski definition) is 3. The lowest BCUT2D eigenvalue weighted by Crippen LogP contribution is -2.20. The van der Waals surface area contributed by atoms with Gasteiger partial charge >= 0.3 is 0 Å². The van der Waals surface area contributed by atoms with Crippen LogP contribution in [-0.2, 0) is 11.3 Å². The Morgan fingerprint density at radius 3 is 2.66 bits per heavy atom. The average molecular weight is 432 g/mol. The number of thioether (sulfide) groups is 1. The summed E-state index contributed by atoms with van der Waals surface area (Å²) in [7, 11) is 0. The molecule has 0 bridgehead atoms. The van der Waals surface area contributed by atoms with Crippen LogP contribution in [0.2, 0.25) is 5.02 Å². The number of halogens is 1. The molecule has 1 aromatic heterocycles. The minimum absolute atomic E-state index is 0.108. The molecular formula is C19H18ClN5O3S. The fourth-order valence-electron chi connectivity index (χ4n) is 2.45. The molecule has 150 valence electrons. The molecule has 1 amide bonds. The van der Waals surface area contributed by atoms with Crippen LogP contribution in [0.4, 0.5) is 0 Å². The third-order valence-corrected chi connectivity index (χ3v) is 5.09. The number of carbonyl (C=O) groups excluding carboxylic acids is 1. The van der Waals surface area contributed by atoms with E-state index in [-0.39, 0.29) is 23.2 Å². The van der Waals surface area contributed by atoms with Gasteiger partial charge in [-0.05, 0) is 55.0 Å². The third kappa shape index (κ3) is 5.27. The fraction of sp³-hybridized carbons (Fsp3) is 0.158. The summed E-state index contributed by atoms with van der Waals surface area (Å²) in [6, 6.07) is 11.5. The van der Waals surface area contributed by atoms with Crippen LogP contribution in [0, 0.1) is 0 Å². The Labute approximate surface area is 176 Å². The highest BCUT2D eigenvalue weighted by atomic mass is 35.5. The second kappa shape index (κ2) is 9.44. The van der Waals surface area contributed by atoms with Gasteiger partial charge in [0.1, 0.15) is 0 Å². The van der Waals surface area contributed by atoms with Crippen LogP contribution in [0.1, 0.15) is 12.5 Å². The molecule has 0 atom stereocenters. The van der Waals surface area contributed by atoms with E-state index in [2.05, 4.69) is 20.7 Å². The van der Waals surface area contributed by atoms with Gasteiger partial charge in [0.25, 0.3) is 5.91 Å². The molecule has 0 spiro atoms. The van der Waals surface area contributed by atoms with Crippen molar-refractivity contribution < 1.29 is 15.0 Å². The number of phenolic OH excluding ortho intramolecular Hbond substituents is 2. The Morgan fingerprint density at radius 1 is 1.21 bits per heavy atom. The van der Waals surface area contributed by atoms with Crippen molar-refractivity contribution in [2.24, 2.45) is 5.10 Å². The van der Waals surface area contributed by atoms with Gasteiger partial charge in [0.15, 0.2) is 22.5 Å². The van der Waals surface area contributed by atoms with Gasteiger partial charge in [-0.15, -0.1) is 10.2 Å². The van der Waals surface area contributed by atoms with Crippen molar-refractivity contribution in [1.82, 2.24) is 20.2 Å². The van der Waals surface area contributed by atoms with E-state index < -0.39 is 0 Å². The van der Waals surface area contributed by atoms with E-state index in [9.17, 15) is 15.0 Å². The normalized spacial score (nSPS) is 11.1. The molecule has 3 N–H and O–H groups in total. The van der Waals surface area contributed by atoms with Gasteiger partial charge in [0.2, 0.25) is 0 Å². The Kier molecular flexibility index (Phi) is 6.73. The van der Waals surface area contributed by atoms with Crippen molar-refractivity contribution in [3.8, 4) is 22.9 Å². The number of nitrogens with one attached hydrogen (secondary N) is 1. The monoisotopic (exact) mass is 431 g/mol. The summed E-state index contributed by atoms with van der Waals surface area (Å²) in [5.74, 6) is 0.0219. The first-order chi connectivity index (χ1) is 14.0. The zero-order valence-electron chi connectivity index (χ0n) is 15.4. The Balaban J connectivity index is 1.59. The van der Waals surface area contributed by atoms with Crippen molar-refractivity contribution >= 4 is 35.5 Å². The van der Waals surface area contributed by atoms with Crippen LogP contribution in [0.15, 0.2) is 52.7 Å². The van der Waals surface area contributed by atoms with Gasteiger partial charge in [0, 0.05) is 17.1 Å². The first-order valence-electron chi connectivity index (χ1n) is 8.63. The van der Waals surface area contributed by atoms with Crippen LogP contribution in [0.5, 0.6) is 11.5 Å². The molecule has 8 nitrogen and oxygen atoms in total. The Hall–Kier alpha value is -3.04. The summed E-state index contributed by atoms with van der Waals surface area (Å²) < 4.78 is 1.92. The van der Waals surface area contributed by atoms with Gasteiger partial charge < -0.3 is 14.8 Å². The van der Waals surface area contributed by atoms with Gasteiger partial charge in [0.05, 0.1) is 12.0 Å². The molecule has 3 aromatic rings. The smallest absolute Gasteiger partial charge is 0.250 e. The van der Waals surface area contributed by atoms with Crippen LogP contribution in [0.25, 0.3) is 11.4 Å². The molecule has 0 aliphatic heterocycles. The van der Waals surface area contributed by atoms with E-state index in [0.717, 1.165) is 5.56 Å². The zero-order valence-corrected chi connectivity index (χ0v) is 17.0. The summed E-state index contributed by atoms with van der Waals surface area (Å²) in [6.45, 7) is 2.63. The first-order valence-corrected chi connectivity index (χ1v) is 10.00. The lowest BCUT2D eigenvalue weighted by atomic mass is 10.2. The molecular weight excluding hydrogens is 414 g/mol. The summed E-state index contributed by atoms with van der Waals surface area (Å²) in [6.07, 6.45) is 1.37. The molecule has 1 heterocycles. The number of phenols is 2. The minimum Gasteiger partial charge on any atom is -0.504 e. The van der Waals surface area contributed by atoms with E-state index >= 15 is 0 Å². The van der Waals surface area contributed by atoms with Crippen LogP contribution in [-0.4, -0.2) is 42.9 Å². The van der Waals surface area contributed by atoms with Crippen LogP contribution >= 0.6 is 23.4 Å². The van der Waals surface area contributed by atoms with E-state index in [1.807, 2.05) is 23.6 Å². The Bertz CT molecular complexity index is 1040. The second-order valence-corrected chi connectivity index (χ2v) is 7.27. The molecule has 29 heavy (non-hydrogen) atoms. The molecule has 0 aliphatic rings. The largest absolute Gasteiger partial charge is 0.504 e. The molecule has 0 fully saturated rings. The highest BCUT2D eigenvalue weighted by Gasteiger charge is 2.14. The van der Waals surface area contributed by atoms with Crippen LogP contribution in [0.3, 0.4) is 0 Å². The van der Waals surface area contributed by atoms with E-state index in [0.29, 0.717) is 28.1 Å². The molecule has 0 unspecified atom stereocenters. The van der Waals surface area contributed by atoms with Crippen molar-refractivity contribution in [2.45, 2.75) is 18.6 Å². The lowest BCUT2D eigenvalue weighted by Gasteiger charge is -2.07. The number of nitrogens with zero attached hydrogens (tertiary/aromatic N) is 4. The predicted molar refractivity (Wildman–Crippen MR) is 112 cm³/mol. The van der Waals surface area contributed by atoms with Gasteiger partial charge in [-0.3, -0.25) is 4.79 Å². The average Bonchev–Trinajstić information content (AvgIpc) is 3.12. The van der Waals surface area contributed by atoms with Crippen molar-refractivity contribution in [2.75, 3.05) is 5.75 Å². The summed E-state index contributed by atoms with van der Waals surface area (Å²) in [4.78, 5) is 12.0. The standard InChI is InChI=1S/C19H18ClN5O3S/c1-2-25-18(13-4-6-14(20)7-5-13)23-24-19(25)29-11-17(28)22-21-10-12-3-8-15(26)16(27)9-12/h3-10,26-27H,2,11H2,1H3,(H,22,28)/b21-10+. The lowest BCUT2D eigenvalue weighted by molar-refractivity contribution is -0.118. The molecule has 0 aliphatic carbocycles. The van der Waals surface area contributed by atoms with Crippen molar-refractivity contribution in [1.29, 1.82) is 0 Å². The minimum atomic E-state index is -0.312. The molecule has 3 rings (SSSR count). The number of carbonyl (C=O) groups is 1. The highest BCUT2D eigenvalue weighted by Crippen LogP contribution is 2.25. The van der Waals surface area contributed by atoms with E-state index in [1.165, 1.54) is 30.1 Å². The molecule has 10 heteroatoms. The SMILES string of the molecule is CCn1c(SCC(=O)N/N=C/c2ccc(O)c(O)c2)nnc1-c1ccc(Cl)cc1. The summed E-state index contributed by atoms with van der Waals surface area (Å²) >= 11 is 7.18. The van der Waals surface area contributed by atoms with Crippen molar-refractivity contribution in [3.05, 3.63) is 53.1 Å². The number of hydrogen-bond acceptors (Lipinski definition) is 7. The third-order valence-electron chi connectivity index (χ3n) is 3.87. The molecule has 0 saturated heterocycles. The highest BCUT2D eigenvalue weighted by molar-refractivity contribution is 7.99. The van der Waals surface area contributed by atoms with E-state index in [1.54, 1.807) is 18.2 Å². The zero-order chi connectivity index (χ0) is 20.8. The number of aromatic hydroxyl groups is 2. The number of hydrazone groups is 1. The number of amides is 1. The number of rotatable bonds is 7. The van der Waals surface area contributed by atoms with Gasteiger partial charge in [-0.1, -0.05) is 23.4 Å². The van der Waals surface area contributed by atoms with Crippen molar-refractivity contribution in [3.63, 3.8) is 0 Å². The first kappa shape index (κ1) is 20.7. The maximum Gasteiger partial charge on any atom is 0.250 e. The number of benzene rings is 2. The second-order valence-electron chi connectivity index (χ2n) is 5.89. The fourth-order valence-corrected chi connectivity index (χ4v) is 3.38. The maximum atomic E-state index is 12.0.